The van der Waals surface area contributed by atoms with Gasteiger partial charge in [0.1, 0.15) is 0 Å². The van der Waals surface area contributed by atoms with Gasteiger partial charge in [0.25, 0.3) is 0 Å². The third kappa shape index (κ3) is 10.2. The highest BCUT2D eigenvalue weighted by Crippen LogP contribution is 2.45. The Labute approximate surface area is 377 Å². The van der Waals surface area contributed by atoms with Crippen LogP contribution in [0.2, 0.25) is 0 Å². The van der Waals surface area contributed by atoms with E-state index in [0.29, 0.717) is 0 Å². The molecule has 0 aromatic heterocycles. The van der Waals surface area contributed by atoms with Crippen molar-refractivity contribution in [1.82, 2.24) is 0 Å². The summed E-state index contributed by atoms with van der Waals surface area (Å²) < 4.78 is 0. The molecular formula is C60H64P2. The van der Waals surface area contributed by atoms with Gasteiger partial charge in [-0.2, -0.15) is 0 Å². The summed E-state index contributed by atoms with van der Waals surface area (Å²) in [6, 6.07) is 59.6. The van der Waals surface area contributed by atoms with E-state index < -0.39 is 0 Å². The zero-order valence-electron chi connectivity index (χ0n) is 39.1. The number of hydrogen-bond acceptors (Lipinski definition) is 0. The number of rotatable bonds is 8. The van der Waals surface area contributed by atoms with E-state index >= 15 is 0 Å². The Hall–Kier alpha value is -5.12. The van der Waals surface area contributed by atoms with Crippen molar-refractivity contribution in [2.45, 2.75) is 105 Å². The third-order valence-corrected chi connectivity index (χ3v) is 14.2. The van der Waals surface area contributed by atoms with Crippen LogP contribution >= 0.6 is 16.4 Å². The lowest BCUT2D eigenvalue weighted by Gasteiger charge is -2.27. The number of benzene rings is 7. The first kappa shape index (κ1) is 44.9. The van der Waals surface area contributed by atoms with Gasteiger partial charge in [0, 0.05) is 32.9 Å². The molecule has 0 unspecified atom stereocenters. The van der Waals surface area contributed by atoms with Crippen LogP contribution in [0.1, 0.15) is 116 Å². The van der Waals surface area contributed by atoms with E-state index in [4.69, 9.17) is 0 Å². The highest BCUT2D eigenvalue weighted by Gasteiger charge is 2.28. The van der Waals surface area contributed by atoms with Crippen LogP contribution in [-0.4, -0.2) is 11.6 Å². The average molecular weight is 847 g/mol. The Morgan fingerprint density at radius 2 is 0.484 bits per heavy atom. The first-order chi connectivity index (χ1) is 29.3. The summed E-state index contributed by atoms with van der Waals surface area (Å²) in [6.45, 7) is 27.6. The molecule has 7 aromatic carbocycles. The normalized spacial score (nSPS) is 12.7. The van der Waals surface area contributed by atoms with Crippen LogP contribution in [0.3, 0.4) is 0 Å². The molecule has 0 aliphatic heterocycles. The fourth-order valence-electron chi connectivity index (χ4n) is 8.01. The van der Waals surface area contributed by atoms with Crippen molar-refractivity contribution in [3.63, 3.8) is 0 Å². The molecule has 7 aromatic rings. The van der Waals surface area contributed by atoms with E-state index in [1.165, 1.54) is 88.5 Å². The molecule has 0 atom stereocenters. The maximum absolute atomic E-state index is 2.40. The van der Waals surface area contributed by atoms with Crippen molar-refractivity contribution in [1.29, 1.82) is 0 Å². The quantitative estimate of drug-likeness (QED) is 0.134. The molecule has 0 N–H and O–H groups in total. The number of hydrogen-bond donors (Lipinski definition) is 0. The van der Waals surface area contributed by atoms with E-state index in [-0.39, 0.29) is 21.7 Å². The molecule has 2 heteroatoms. The summed E-state index contributed by atoms with van der Waals surface area (Å²) in [7, 11) is 2.25. The summed E-state index contributed by atoms with van der Waals surface area (Å²) in [4.78, 5) is 0. The fraction of sp³-hybridized carbons (Fsp3) is 0.267. The van der Waals surface area contributed by atoms with Gasteiger partial charge in [0.15, 0.2) is 0 Å². The van der Waals surface area contributed by atoms with Crippen molar-refractivity contribution >= 4 is 38.6 Å². The van der Waals surface area contributed by atoms with E-state index in [0.717, 1.165) is 16.4 Å². The Morgan fingerprint density at radius 3 is 0.677 bits per heavy atom. The van der Waals surface area contributed by atoms with Gasteiger partial charge in [-0.25, -0.2) is 0 Å². The lowest BCUT2D eigenvalue weighted by molar-refractivity contribution is 0.590. The van der Waals surface area contributed by atoms with Gasteiger partial charge in [0.2, 0.25) is 0 Å². The van der Waals surface area contributed by atoms with E-state index in [2.05, 4.69) is 252 Å². The van der Waals surface area contributed by atoms with Crippen molar-refractivity contribution < 1.29 is 0 Å². The molecule has 0 saturated carbocycles. The monoisotopic (exact) mass is 846 g/mol. The van der Waals surface area contributed by atoms with Gasteiger partial charge in [-0.15, -0.1) is 0 Å². The Bertz CT molecular complexity index is 2340. The minimum absolute atomic E-state index is 0.0315. The second kappa shape index (κ2) is 17.9. The molecule has 0 spiro atoms. The standard InChI is InChI=1S/C60H64P2/c1-57(2,3)47-31-23-43(24-32-47)51-52(44-25-33-48(34-26-44)58(4,5)6)56(62-40-42-21-17-14-18-22-42)54(46-29-37-50(38-30-46)60(10,11)12)53(45-27-35-49(36-28-45)59(7,8)9)55(51)61-39-41-19-15-13-16-20-41/h13-40H,1-12H3. The molecular weight excluding hydrogens is 783 g/mol. The summed E-state index contributed by atoms with van der Waals surface area (Å²) in [5.74, 6) is 4.81. The van der Waals surface area contributed by atoms with Crippen LogP contribution in [0, 0.1) is 0 Å². The van der Waals surface area contributed by atoms with Gasteiger partial charge in [-0.3, -0.25) is 0 Å². The molecule has 0 radical (unpaired) electrons. The van der Waals surface area contributed by atoms with Gasteiger partial charge < -0.3 is 0 Å². The van der Waals surface area contributed by atoms with Crippen molar-refractivity contribution in [2.24, 2.45) is 0 Å². The molecule has 0 aliphatic carbocycles. The Balaban J connectivity index is 1.73. The fourth-order valence-corrected chi connectivity index (χ4v) is 10.4. The second-order valence-electron chi connectivity index (χ2n) is 20.8. The largest absolute Gasteiger partial charge is 0.0665 e. The van der Waals surface area contributed by atoms with Crippen LogP contribution < -0.4 is 10.6 Å². The molecule has 0 aliphatic rings. The highest BCUT2D eigenvalue weighted by molar-refractivity contribution is 7.50. The molecule has 7 rings (SSSR count). The zero-order chi connectivity index (χ0) is 44.5. The Morgan fingerprint density at radius 1 is 0.274 bits per heavy atom. The molecule has 0 bridgehead atoms. The van der Waals surface area contributed by atoms with Crippen molar-refractivity contribution in [3.05, 3.63) is 191 Å². The lowest BCUT2D eigenvalue weighted by atomic mass is 9.81. The van der Waals surface area contributed by atoms with E-state index in [1.54, 1.807) is 0 Å². The second-order valence-corrected chi connectivity index (χ2v) is 22.8. The summed E-state index contributed by atoms with van der Waals surface area (Å²) >= 11 is 0. The highest BCUT2D eigenvalue weighted by atomic mass is 31.1. The summed E-state index contributed by atoms with van der Waals surface area (Å²) in [5, 5.41) is 2.62. The lowest BCUT2D eigenvalue weighted by Crippen LogP contribution is -2.19. The Kier molecular flexibility index (Phi) is 13.0. The van der Waals surface area contributed by atoms with Gasteiger partial charge in [0.05, 0.1) is 0 Å². The van der Waals surface area contributed by atoms with Crippen LogP contribution in [-0.2, 0) is 21.7 Å². The van der Waals surface area contributed by atoms with Crippen LogP contribution in [0.5, 0.6) is 0 Å². The first-order valence-corrected chi connectivity index (χ1v) is 24.1. The zero-order valence-corrected chi connectivity index (χ0v) is 40.8. The smallest absolute Gasteiger partial charge is 0.0188 e. The molecule has 0 nitrogen and oxygen atoms in total. The maximum Gasteiger partial charge on any atom is 0.0188 e. The molecule has 0 fully saturated rings. The maximum atomic E-state index is 2.40. The van der Waals surface area contributed by atoms with Gasteiger partial charge in [-0.1, -0.05) is 257 Å². The predicted octanol–water partition coefficient (Wildman–Crippen LogP) is 16.4. The molecule has 0 saturated heterocycles. The minimum atomic E-state index is 0.0315. The van der Waals surface area contributed by atoms with Gasteiger partial charge in [-0.05, 0) is 88.9 Å². The van der Waals surface area contributed by atoms with Gasteiger partial charge >= 0.3 is 0 Å². The molecule has 0 heterocycles. The molecule has 314 valence electrons. The van der Waals surface area contributed by atoms with Crippen LogP contribution in [0.4, 0.5) is 0 Å². The summed E-state index contributed by atoms with van der Waals surface area (Å²) in [6.07, 6.45) is 0. The summed E-state index contributed by atoms with van der Waals surface area (Å²) in [5.41, 5.74) is 18.0. The van der Waals surface area contributed by atoms with E-state index in [9.17, 15) is 0 Å². The molecule has 0 amide bonds. The van der Waals surface area contributed by atoms with Crippen molar-refractivity contribution in [3.8, 4) is 44.5 Å². The molecule has 62 heavy (non-hydrogen) atoms. The van der Waals surface area contributed by atoms with Crippen LogP contribution in [0.15, 0.2) is 158 Å². The van der Waals surface area contributed by atoms with Crippen molar-refractivity contribution in [2.75, 3.05) is 0 Å². The minimum Gasteiger partial charge on any atom is -0.0665 e. The average Bonchev–Trinajstić information content (AvgIpc) is 3.24. The van der Waals surface area contributed by atoms with E-state index in [1.807, 2.05) is 0 Å². The van der Waals surface area contributed by atoms with Crippen LogP contribution in [0.25, 0.3) is 44.5 Å². The first-order valence-electron chi connectivity index (χ1n) is 22.1. The SMILES string of the molecule is CC(C)(C)c1ccc(-c2c(P=Cc3ccccc3)c(-c3ccc(C(C)(C)C)cc3)c(-c3ccc(C(C)(C)C)cc3)c(P=Cc3ccccc3)c2-c2ccc(C(C)(C)C)cc2)cc1. The predicted molar refractivity (Wildman–Crippen MR) is 279 cm³/mol. The topological polar surface area (TPSA) is 0 Å². The third-order valence-electron chi connectivity index (χ3n) is 11.9.